The molecule has 3 aromatic rings. The lowest BCUT2D eigenvalue weighted by Gasteiger charge is -2.06. The Morgan fingerprint density at radius 1 is 1.24 bits per heavy atom. The van der Waals surface area contributed by atoms with Crippen molar-refractivity contribution in [1.29, 1.82) is 0 Å². The summed E-state index contributed by atoms with van der Waals surface area (Å²) in [5.41, 5.74) is 6.93. The minimum absolute atomic E-state index is 0.0701. The normalized spacial score (nSPS) is 10.3. The average molecular weight is 282 g/mol. The molecule has 0 aliphatic heterocycles. The number of nitrogen functional groups attached to an aromatic ring is 1. The van der Waals surface area contributed by atoms with Crippen molar-refractivity contribution >= 4 is 17.4 Å². The van der Waals surface area contributed by atoms with Gasteiger partial charge in [-0.05, 0) is 18.2 Å². The van der Waals surface area contributed by atoms with Crippen LogP contribution in [0.4, 0.5) is 11.5 Å². The molecule has 0 fully saturated rings. The third-order valence-corrected chi connectivity index (χ3v) is 2.67. The average Bonchev–Trinajstić information content (AvgIpc) is 3.02. The molecule has 0 saturated heterocycles. The second-order valence-corrected chi connectivity index (χ2v) is 4.07. The van der Waals surface area contributed by atoms with Crippen molar-refractivity contribution in [1.82, 2.24) is 20.2 Å². The molecular weight excluding hydrogens is 272 g/mol. The van der Waals surface area contributed by atoms with E-state index in [0.717, 1.165) is 0 Å². The van der Waals surface area contributed by atoms with E-state index < -0.39 is 5.91 Å². The Morgan fingerprint density at radius 3 is 2.86 bits per heavy atom. The Balaban J connectivity index is 1.84. The van der Waals surface area contributed by atoms with E-state index >= 15 is 0 Å². The van der Waals surface area contributed by atoms with Gasteiger partial charge in [0.25, 0.3) is 5.91 Å². The first-order chi connectivity index (χ1) is 10.2. The van der Waals surface area contributed by atoms with Crippen molar-refractivity contribution in [3.8, 4) is 11.5 Å². The molecule has 3 N–H and O–H groups in total. The molecule has 21 heavy (non-hydrogen) atoms. The first kappa shape index (κ1) is 12.7. The fraction of sp³-hybridized carbons (Fsp3) is 0. The Labute approximate surface area is 119 Å². The number of amides is 1. The van der Waals surface area contributed by atoms with Gasteiger partial charge in [0.1, 0.15) is 0 Å². The van der Waals surface area contributed by atoms with Crippen LogP contribution in [0.1, 0.15) is 10.5 Å². The quantitative estimate of drug-likeness (QED) is 0.744. The standard InChI is InChI=1S/C13H10N6O2/c14-11-10(15-4-5-16-11)12(20)18-9-3-1-2-8(6-9)13-19-17-7-21-13/h1-7H,(H2,14,16)(H,18,20). The summed E-state index contributed by atoms with van der Waals surface area (Å²) in [5.74, 6) is -0.00329. The summed E-state index contributed by atoms with van der Waals surface area (Å²) in [6.45, 7) is 0. The summed E-state index contributed by atoms with van der Waals surface area (Å²) in [6, 6.07) is 6.98. The van der Waals surface area contributed by atoms with Crippen molar-refractivity contribution in [3.63, 3.8) is 0 Å². The van der Waals surface area contributed by atoms with E-state index in [9.17, 15) is 4.79 Å². The molecule has 0 spiro atoms. The number of benzene rings is 1. The molecule has 2 heterocycles. The Bertz CT molecular complexity index is 772. The van der Waals surface area contributed by atoms with E-state index in [1.54, 1.807) is 24.3 Å². The number of hydrogen-bond donors (Lipinski definition) is 2. The van der Waals surface area contributed by atoms with Gasteiger partial charge in [-0.15, -0.1) is 10.2 Å². The highest BCUT2D eigenvalue weighted by Gasteiger charge is 2.13. The van der Waals surface area contributed by atoms with Gasteiger partial charge in [0.15, 0.2) is 11.5 Å². The summed E-state index contributed by atoms with van der Waals surface area (Å²) < 4.78 is 5.11. The predicted octanol–water partition coefficient (Wildman–Crippen LogP) is 1.36. The van der Waals surface area contributed by atoms with E-state index in [1.165, 1.54) is 18.8 Å². The van der Waals surface area contributed by atoms with E-state index in [0.29, 0.717) is 17.1 Å². The molecule has 0 radical (unpaired) electrons. The largest absolute Gasteiger partial charge is 0.423 e. The topological polar surface area (TPSA) is 120 Å². The van der Waals surface area contributed by atoms with E-state index in [2.05, 4.69) is 25.5 Å². The lowest BCUT2D eigenvalue weighted by atomic mass is 10.2. The number of carbonyl (C=O) groups excluding carboxylic acids is 1. The van der Waals surface area contributed by atoms with Gasteiger partial charge in [-0.2, -0.15) is 0 Å². The molecule has 0 aliphatic rings. The number of nitrogens with one attached hydrogen (secondary N) is 1. The zero-order valence-corrected chi connectivity index (χ0v) is 10.7. The maximum atomic E-state index is 12.1. The fourth-order valence-electron chi connectivity index (χ4n) is 1.74. The van der Waals surface area contributed by atoms with Gasteiger partial charge < -0.3 is 15.5 Å². The third kappa shape index (κ3) is 2.68. The highest BCUT2D eigenvalue weighted by Crippen LogP contribution is 2.20. The molecule has 0 bridgehead atoms. The van der Waals surface area contributed by atoms with Gasteiger partial charge in [-0.3, -0.25) is 4.79 Å². The van der Waals surface area contributed by atoms with Crippen LogP contribution < -0.4 is 11.1 Å². The Hall–Kier alpha value is -3.29. The van der Waals surface area contributed by atoms with Crippen LogP contribution in [0.15, 0.2) is 47.5 Å². The molecule has 3 rings (SSSR count). The summed E-state index contributed by atoms with van der Waals surface area (Å²) in [7, 11) is 0. The zero-order valence-electron chi connectivity index (χ0n) is 10.7. The molecule has 0 atom stereocenters. The molecular formula is C13H10N6O2. The number of carbonyl (C=O) groups is 1. The molecule has 0 unspecified atom stereocenters. The first-order valence-corrected chi connectivity index (χ1v) is 5.98. The molecule has 0 aliphatic carbocycles. The number of nitrogens with two attached hydrogens (primary N) is 1. The molecule has 104 valence electrons. The van der Waals surface area contributed by atoms with Crippen LogP contribution in [0, 0.1) is 0 Å². The maximum Gasteiger partial charge on any atom is 0.278 e. The SMILES string of the molecule is Nc1nccnc1C(=O)Nc1cccc(-c2nnco2)c1. The number of hydrogen-bond acceptors (Lipinski definition) is 7. The summed E-state index contributed by atoms with van der Waals surface area (Å²) in [4.78, 5) is 19.8. The second kappa shape index (κ2) is 5.37. The van der Waals surface area contributed by atoms with Crippen LogP contribution in [0.25, 0.3) is 11.5 Å². The number of nitrogens with zero attached hydrogens (tertiary/aromatic N) is 4. The molecule has 1 amide bonds. The highest BCUT2D eigenvalue weighted by molar-refractivity contribution is 6.05. The van der Waals surface area contributed by atoms with Crippen molar-refractivity contribution in [2.75, 3.05) is 11.1 Å². The second-order valence-electron chi connectivity index (χ2n) is 4.07. The van der Waals surface area contributed by atoms with Gasteiger partial charge in [0.2, 0.25) is 12.3 Å². The van der Waals surface area contributed by atoms with Crippen LogP contribution in [0.2, 0.25) is 0 Å². The number of anilines is 2. The van der Waals surface area contributed by atoms with Crippen molar-refractivity contribution in [2.24, 2.45) is 0 Å². The van der Waals surface area contributed by atoms with Crippen LogP contribution in [-0.4, -0.2) is 26.1 Å². The minimum atomic E-state index is -0.441. The molecule has 1 aromatic carbocycles. The fourth-order valence-corrected chi connectivity index (χ4v) is 1.74. The zero-order chi connectivity index (χ0) is 14.7. The van der Waals surface area contributed by atoms with Gasteiger partial charge in [0.05, 0.1) is 0 Å². The van der Waals surface area contributed by atoms with Crippen molar-refractivity contribution < 1.29 is 9.21 Å². The van der Waals surface area contributed by atoms with Crippen molar-refractivity contribution in [3.05, 3.63) is 48.7 Å². The monoisotopic (exact) mass is 282 g/mol. The van der Waals surface area contributed by atoms with Crippen LogP contribution in [-0.2, 0) is 0 Å². The van der Waals surface area contributed by atoms with E-state index in [-0.39, 0.29) is 11.5 Å². The van der Waals surface area contributed by atoms with Crippen LogP contribution in [0.5, 0.6) is 0 Å². The minimum Gasteiger partial charge on any atom is -0.423 e. The number of rotatable bonds is 3. The van der Waals surface area contributed by atoms with Crippen LogP contribution >= 0.6 is 0 Å². The summed E-state index contributed by atoms with van der Waals surface area (Å²) >= 11 is 0. The highest BCUT2D eigenvalue weighted by atomic mass is 16.4. The van der Waals surface area contributed by atoms with Gasteiger partial charge >= 0.3 is 0 Å². The van der Waals surface area contributed by atoms with Crippen molar-refractivity contribution in [2.45, 2.75) is 0 Å². The van der Waals surface area contributed by atoms with E-state index in [4.69, 9.17) is 10.2 Å². The molecule has 0 saturated carbocycles. The summed E-state index contributed by atoms with van der Waals surface area (Å²) in [6.07, 6.45) is 4.06. The predicted molar refractivity (Wildman–Crippen MR) is 74.1 cm³/mol. The molecule has 2 aromatic heterocycles. The Kier molecular flexibility index (Phi) is 3.26. The lowest BCUT2D eigenvalue weighted by molar-refractivity contribution is 0.102. The van der Waals surface area contributed by atoms with Gasteiger partial charge in [-0.1, -0.05) is 6.07 Å². The van der Waals surface area contributed by atoms with Gasteiger partial charge in [-0.25, -0.2) is 9.97 Å². The first-order valence-electron chi connectivity index (χ1n) is 5.98. The molecule has 8 nitrogen and oxygen atoms in total. The summed E-state index contributed by atoms with van der Waals surface area (Å²) in [5, 5.41) is 10.1. The van der Waals surface area contributed by atoms with Gasteiger partial charge in [0, 0.05) is 23.6 Å². The van der Waals surface area contributed by atoms with E-state index in [1.807, 2.05) is 0 Å². The third-order valence-electron chi connectivity index (χ3n) is 2.67. The van der Waals surface area contributed by atoms with Crippen LogP contribution in [0.3, 0.4) is 0 Å². The smallest absolute Gasteiger partial charge is 0.278 e. The lowest BCUT2D eigenvalue weighted by Crippen LogP contribution is -2.16. The number of aromatic nitrogens is 4. The Morgan fingerprint density at radius 2 is 2.10 bits per heavy atom. The maximum absolute atomic E-state index is 12.1. The molecule has 8 heteroatoms.